The zero-order valence-corrected chi connectivity index (χ0v) is 6.99. The van der Waals surface area contributed by atoms with Gasteiger partial charge in [-0.15, -0.1) is 0 Å². The first-order chi connectivity index (χ1) is 4.93. The molecule has 0 spiro atoms. The van der Waals surface area contributed by atoms with Crippen LogP contribution < -0.4 is 10.5 Å². The van der Waals surface area contributed by atoms with Crippen LogP contribution in [0.15, 0.2) is 0 Å². The van der Waals surface area contributed by atoms with Gasteiger partial charge in [-0.1, -0.05) is 11.9 Å². The van der Waals surface area contributed by atoms with Crippen molar-refractivity contribution in [2.45, 2.75) is 0 Å². The molecule has 3 N–H and O–H groups in total. The quantitative estimate of drug-likeness (QED) is 0.548. The number of nitrogens with one attached hydrogen (secondary N) is 1. The maximum absolute atomic E-state index is 5.32. The lowest BCUT2D eigenvalue weighted by atomic mass is 10.4. The van der Waals surface area contributed by atoms with E-state index in [9.17, 15) is 0 Å². The van der Waals surface area contributed by atoms with E-state index in [2.05, 4.69) is 10.2 Å². The van der Waals surface area contributed by atoms with Crippen molar-refractivity contribution in [2.24, 2.45) is 5.14 Å². The van der Waals surface area contributed by atoms with Gasteiger partial charge in [-0.2, -0.15) is 0 Å². The normalized spacial score (nSPS) is 21.3. The fourth-order valence-electron chi connectivity index (χ4n) is 1.12. The summed E-state index contributed by atoms with van der Waals surface area (Å²) in [6.07, 6.45) is 0. The van der Waals surface area contributed by atoms with Gasteiger partial charge in [0.05, 0.1) is 0 Å². The molecule has 0 unspecified atom stereocenters. The lowest BCUT2D eigenvalue weighted by Gasteiger charge is -2.26. The molecule has 0 saturated carbocycles. The molecule has 0 amide bonds. The van der Waals surface area contributed by atoms with Gasteiger partial charge in [0.1, 0.15) is 0 Å². The second kappa shape index (κ2) is 4.96. The third kappa shape index (κ3) is 2.88. The standard InChI is InChI=1S/C6H15N3S/c7-10-6-5-9-3-1-8-2-4-9/h8H,1-7H2. The second-order valence-corrected chi connectivity index (χ2v) is 3.20. The predicted octanol–water partition coefficient (Wildman–Crippen LogP) is -0.501. The molecule has 10 heavy (non-hydrogen) atoms. The molecule has 1 fully saturated rings. The number of nitrogens with two attached hydrogens (primary N) is 1. The molecule has 0 aromatic rings. The SMILES string of the molecule is NSCCN1CCNCC1. The number of rotatable bonds is 3. The van der Waals surface area contributed by atoms with E-state index in [1.165, 1.54) is 25.0 Å². The highest BCUT2D eigenvalue weighted by Gasteiger charge is 2.07. The molecular formula is C6H15N3S. The minimum absolute atomic E-state index is 1.06. The van der Waals surface area contributed by atoms with Crippen LogP contribution in [0.1, 0.15) is 0 Å². The molecule has 0 radical (unpaired) electrons. The van der Waals surface area contributed by atoms with Crippen LogP contribution in [0.4, 0.5) is 0 Å². The lowest BCUT2D eigenvalue weighted by Crippen LogP contribution is -2.44. The van der Waals surface area contributed by atoms with E-state index < -0.39 is 0 Å². The molecule has 1 aliphatic heterocycles. The van der Waals surface area contributed by atoms with Crippen molar-refractivity contribution in [3.8, 4) is 0 Å². The van der Waals surface area contributed by atoms with E-state index in [0.29, 0.717) is 0 Å². The molecule has 4 heteroatoms. The van der Waals surface area contributed by atoms with Crippen molar-refractivity contribution >= 4 is 11.9 Å². The van der Waals surface area contributed by atoms with Crippen molar-refractivity contribution in [1.82, 2.24) is 10.2 Å². The average molecular weight is 161 g/mol. The van der Waals surface area contributed by atoms with Crippen LogP contribution in [0.5, 0.6) is 0 Å². The lowest BCUT2D eigenvalue weighted by molar-refractivity contribution is 0.255. The summed E-state index contributed by atoms with van der Waals surface area (Å²) >= 11 is 1.43. The summed E-state index contributed by atoms with van der Waals surface area (Å²) in [5.74, 6) is 1.06. The van der Waals surface area contributed by atoms with E-state index in [0.717, 1.165) is 25.4 Å². The van der Waals surface area contributed by atoms with Crippen molar-refractivity contribution in [1.29, 1.82) is 0 Å². The van der Waals surface area contributed by atoms with Crippen LogP contribution in [-0.4, -0.2) is 43.4 Å². The molecule has 0 aromatic carbocycles. The molecule has 0 aromatic heterocycles. The van der Waals surface area contributed by atoms with Gasteiger partial charge >= 0.3 is 0 Å². The minimum Gasteiger partial charge on any atom is -0.314 e. The Morgan fingerprint density at radius 1 is 1.40 bits per heavy atom. The molecule has 0 atom stereocenters. The van der Waals surface area contributed by atoms with Crippen LogP contribution >= 0.6 is 11.9 Å². The van der Waals surface area contributed by atoms with Crippen molar-refractivity contribution in [3.05, 3.63) is 0 Å². The van der Waals surface area contributed by atoms with Gasteiger partial charge in [-0.05, 0) is 0 Å². The zero-order chi connectivity index (χ0) is 7.23. The average Bonchev–Trinajstić information content (AvgIpc) is 2.03. The molecule has 1 rings (SSSR count). The highest BCUT2D eigenvalue weighted by atomic mass is 32.2. The summed E-state index contributed by atoms with van der Waals surface area (Å²) in [6, 6.07) is 0. The van der Waals surface area contributed by atoms with Gasteiger partial charge < -0.3 is 5.32 Å². The second-order valence-electron chi connectivity index (χ2n) is 2.46. The zero-order valence-electron chi connectivity index (χ0n) is 6.18. The molecule has 3 nitrogen and oxygen atoms in total. The Labute approximate surface area is 66.5 Å². The van der Waals surface area contributed by atoms with Crippen molar-refractivity contribution in [2.75, 3.05) is 38.5 Å². The first-order valence-corrected chi connectivity index (χ1v) is 4.73. The number of hydrogen-bond acceptors (Lipinski definition) is 4. The van der Waals surface area contributed by atoms with Gasteiger partial charge in [0.2, 0.25) is 0 Å². The van der Waals surface area contributed by atoms with Crippen LogP contribution in [0, 0.1) is 0 Å². The molecule has 1 aliphatic rings. The third-order valence-electron chi connectivity index (χ3n) is 1.73. The summed E-state index contributed by atoms with van der Waals surface area (Å²) in [5.41, 5.74) is 0. The maximum atomic E-state index is 5.32. The monoisotopic (exact) mass is 161 g/mol. The topological polar surface area (TPSA) is 41.3 Å². The van der Waals surface area contributed by atoms with E-state index >= 15 is 0 Å². The summed E-state index contributed by atoms with van der Waals surface area (Å²) in [4.78, 5) is 2.44. The molecule has 0 aliphatic carbocycles. The summed E-state index contributed by atoms with van der Waals surface area (Å²) in [6.45, 7) is 5.77. The molecular weight excluding hydrogens is 146 g/mol. The van der Waals surface area contributed by atoms with Gasteiger partial charge in [0.25, 0.3) is 0 Å². The van der Waals surface area contributed by atoms with Crippen LogP contribution in [0.2, 0.25) is 0 Å². The first-order valence-electron chi connectivity index (χ1n) is 3.68. The molecule has 1 saturated heterocycles. The largest absolute Gasteiger partial charge is 0.314 e. The van der Waals surface area contributed by atoms with E-state index in [-0.39, 0.29) is 0 Å². The highest BCUT2D eigenvalue weighted by Crippen LogP contribution is 1.94. The van der Waals surface area contributed by atoms with E-state index in [4.69, 9.17) is 5.14 Å². The van der Waals surface area contributed by atoms with Crippen LogP contribution in [0.25, 0.3) is 0 Å². The molecule has 0 bridgehead atoms. The third-order valence-corrected chi connectivity index (χ3v) is 2.15. The number of nitrogens with zero attached hydrogens (tertiary/aromatic N) is 1. The fourth-order valence-corrected chi connectivity index (χ4v) is 1.48. The number of piperazine rings is 1. The molecule has 1 heterocycles. The van der Waals surface area contributed by atoms with Crippen LogP contribution in [-0.2, 0) is 0 Å². The Hall–Kier alpha value is 0.230. The van der Waals surface area contributed by atoms with Crippen molar-refractivity contribution in [3.63, 3.8) is 0 Å². The Morgan fingerprint density at radius 2 is 2.10 bits per heavy atom. The molecule has 60 valence electrons. The van der Waals surface area contributed by atoms with E-state index in [1.807, 2.05) is 0 Å². The first kappa shape index (κ1) is 8.33. The minimum atomic E-state index is 1.06. The Kier molecular flexibility index (Phi) is 4.13. The van der Waals surface area contributed by atoms with Gasteiger partial charge in [-0.3, -0.25) is 10.0 Å². The van der Waals surface area contributed by atoms with Crippen molar-refractivity contribution < 1.29 is 0 Å². The maximum Gasteiger partial charge on any atom is 0.0204 e. The number of hydrogen-bond donors (Lipinski definition) is 2. The summed E-state index contributed by atoms with van der Waals surface area (Å²) in [7, 11) is 0. The highest BCUT2D eigenvalue weighted by molar-refractivity contribution is 7.97. The summed E-state index contributed by atoms with van der Waals surface area (Å²) in [5, 5.41) is 8.63. The summed E-state index contributed by atoms with van der Waals surface area (Å²) < 4.78 is 0. The predicted molar refractivity (Wildman–Crippen MR) is 46.0 cm³/mol. The van der Waals surface area contributed by atoms with Gasteiger partial charge in [-0.25, -0.2) is 0 Å². The van der Waals surface area contributed by atoms with Gasteiger partial charge in [0.15, 0.2) is 0 Å². The Balaban J connectivity index is 2.02. The van der Waals surface area contributed by atoms with E-state index in [1.54, 1.807) is 0 Å². The van der Waals surface area contributed by atoms with Gasteiger partial charge in [0, 0.05) is 38.5 Å². The Morgan fingerprint density at radius 3 is 2.70 bits per heavy atom. The fraction of sp³-hybridized carbons (Fsp3) is 1.00. The Bertz CT molecular complexity index is 83.1. The van der Waals surface area contributed by atoms with Crippen LogP contribution in [0.3, 0.4) is 0 Å². The smallest absolute Gasteiger partial charge is 0.0204 e.